The standard InChI is InChI=1S/C21H20ClFN4O3S/c1-2-26-11-14(9-25-26)16-7-19-20(8-17(16)23)31(29,30)12-18(24)21(28)27(19)10-13-3-5-15(22)6-4-13/h3-9,11,18H,2,10,12,24H2,1H3/t18-/m0/s1. The number of hydrogen-bond donors (Lipinski definition) is 1. The highest BCUT2D eigenvalue weighted by Gasteiger charge is 2.37. The quantitative estimate of drug-likeness (QED) is 0.642. The minimum absolute atomic E-state index is 0.0610. The van der Waals surface area contributed by atoms with Gasteiger partial charge in [0.2, 0.25) is 5.91 Å². The Morgan fingerprint density at radius 3 is 2.61 bits per heavy atom. The van der Waals surface area contributed by atoms with Crippen LogP contribution in [0, 0.1) is 5.82 Å². The molecular formula is C21H20ClFN4O3S. The number of aromatic nitrogens is 2. The minimum Gasteiger partial charge on any atom is -0.319 e. The first-order valence-corrected chi connectivity index (χ1v) is 11.6. The lowest BCUT2D eigenvalue weighted by atomic mass is 10.1. The van der Waals surface area contributed by atoms with Gasteiger partial charge in [-0.25, -0.2) is 12.8 Å². The maximum absolute atomic E-state index is 15.0. The summed E-state index contributed by atoms with van der Waals surface area (Å²) in [6, 6.07) is 7.89. The van der Waals surface area contributed by atoms with Crippen molar-refractivity contribution in [3.8, 4) is 11.1 Å². The fourth-order valence-electron chi connectivity index (χ4n) is 3.55. The van der Waals surface area contributed by atoms with Crippen molar-refractivity contribution in [2.24, 2.45) is 5.73 Å². The van der Waals surface area contributed by atoms with Crippen LogP contribution in [0.2, 0.25) is 5.02 Å². The SMILES string of the molecule is CCn1cc(-c2cc3c(cc2F)S(=O)(=O)C[C@H](N)C(=O)N3Cc2ccc(Cl)cc2)cn1. The Balaban J connectivity index is 1.90. The number of halogens is 2. The van der Waals surface area contributed by atoms with Crippen LogP contribution in [0.4, 0.5) is 10.1 Å². The van der Waals surface area contributed by atoms with Crippen molar-refractivity contribution in [3.05, 3.63) is 65.2 Å². The van der Waals surface area contributed by atoms with E-state index in [-0.39, 0.29) is 22.7 Å². The summed E-state index contributed by atoms with van der Waals surface area (Å²) in [4.78, 5) is 14.1. The summed E-state index contributed by atoms with van der Waals surface area (Å²) in [7, 11) is -3.98. The Morgan fingerprint density at radius 2 is 1.97 bits per heavy atom. The number of rotatable bonds is 4. The third-order valence-electron chi connectivity index (χ3n) is 5.18. The van der Waals surface area contributed by atoms with Gasteiger partial charge in [-0.05, 0) is 36.8 Å². The summed E-state index contributed by atoms with van der Waals surface area (Å²) in [5, 5.41) is 4.68. The molecule has 0 aliphatic carbocycles. The Bertz CT molecular complexity index is 1260. The largest absolute Gasteiger partial charge is 0.319 e. The second kappa shape index (κ2) is 8.07. The number of amides is 1. The van der Waals surface area contributed by atoms with Crippen molar-refractivity contribution in [1.82, 2.24) is 9.78 Å². The van der Waals surface area contributed by atoms with Gasteiger partial charge in [-0.1, -0.05) is 23.7 Å². The molecule has 0 radical (unpaired) electrons. The Morgan fingerprint density at radius 1 is 1.26 bits per heavy atom. The van der Waals surface area contributed by atoms with Gasteiger partial charge in [0.15, 0.2) is 9.84 Å². The first-order valence-electron chi connectivity index (χ1n) is 9.60. The molecule has 1 atom stereocenters. The van der Waals surface area contributed by atoms with E-state index in [4.69, 9.17) is 17.3 Å². The average Bonchev–Trinajstić information content (AvgIpc) is 3.19. The van der Waals surface area contributed by atoms with Crippen molar-refractivity contribution >= 4 is 33.0 Å². The van der Waals surface area contributed by atoms with Crippen LogP contribution in [0.1, 0.15) is 12.5 Å². The number of anilines is 1. The lowest BCUT2D eigenvalue weighted by molar-refractivity contribution is -0.119. The number of nitrogens with zero attached hydrogens (tertiary/aromatic N) is 3. The van der Waals surface area contributed by atoms with Crippen molar-refractivity contribution < 1.29 is 17.6 Å². The van der Waals surface area contributed by atoms with Crippen molar-refractivity contribution in [3.63, 3.8) is 0 Å². The van der Waals surface area contributed by atoms with Gasteiger partial charge < -0.3 is 10.6 Å². The molecule has 0 bridgehead atoms. The van der Waals surface area contributed by atoms with E-state index in [2.05, 4.69) is 5.10 Å². The summed E-state index contributed by atoms with van der Waals surface area (Å²) >= 11 is 5.94. The van der Waals surface area contributed by atoms with Gasteiger partial charge in [0, 0.05) is 28.9 Å². The Labute approximate surface area is 184 Å². The summed E-state index contributed by atoms with van der Waals surface area (Å²) in [6.45, 7) is 2.55. The summed E-state index contributed by atoms with van der Waals surface area (Å²) < 4.78 is 42.4. The van der Waals surface area contributed by atoms with E-state index < -0.39 is 33.4 Å². The monoisotopic (exact) mass is 462 g/mol. The highest BCUT2D eigenvalue weighted by atomic mass is 35.5. The summed E-state index contributed by atoms with van der Waals surface area (Å²) in [5.74, 6) is -1.87. The van der Waals surface area contributed by atoms with Crippen LogP contribution in [-0.4, -0.2) is 35.9 Å². The zero-order valence-corrected chi connectivity index (χ0v) is 18.2. The second-order valence-electron chi connectivity index (χ2n) is 7.32. The second-order valence-corrected chi connectivity index (χ2v) is 9.76. The third kappa shape index (κ3) is 4.08. The molecule has 4 rings (SSSR count). The van der Waals surface area contributed by atoms with Gasteiger partial charge in [0.1, 0.15) is 5.82 Å². The van der Waals surface area contributed by atoms with Gasteiger partial charge in [0.05, 0.1) is 35.1 Å². The third-order valence-corrected chi connectivity index (χ3v) is 7.23. The van der Waals surface area contributed by atoms with Crippen LogP contribution in [0.5, 0.6) is 0 Å². The van der Waals surface area contributed by atoms with E-state index in [9.17, 15) is 17.6 Å². The minimum atomic E-state index is -3.98. The zero-order valence-electron chi connectivity index (χ0n) is 16.6. The fraction of sp³-hybridized carbons (Fsp3) is 0.238. The van der Waals surface area contributed by atoms with E-state index >= 15 is 0 Å². The van der Waals surface area contributed by atoms with Crippen LogP contribution < -0.4 is 10.6 Å². The molecule has 0 fully saturated rings. The lowest BCUT2D eigenvalue weighted by Gasteiger charge is -2.25. The van der Waals surface area contributed by atoms with Crippen LogP contribution >= 0.6 is 11.6 Å². The molecule has 1 amide bonds. The number of nitrogens with two attached hydrogens (primary N) is 1. The first-order chi connectivity index (χ1) is 14.7. The average molecular weight is 463 g/mol. The molecule has 2 aromatic carbocycles. The maximum Gasteiger partial charge on any atom is 0.245 e. The Kier molecular flexibility index (Phi) is 5.59. The molecule has 162 valence electrons. The molecule has 7 nitrogen and oxygen atoms in total. The Hall–Kier alpha value is -2.75. The molecule has 0 saturated carbocycles. The van der Waals surface area contributed by atoms with E-state index in [0.29, 0.717) is 17.1 Å². The van der Waals surface area contributed by atoms with Gasteiger partial charge in [-0.3, -0.25) is 9.48 Å². The van der Waals surface area contributed by atoms with Crippen LogP contribution in [0.3, 0.4) is 0 Å². The number of sulfone groups is 1. The van der Waals surface area contributed by atoms with Gasteiger partial charge in [-0.15, -0.1) is 0 Å². The molecule has 0 saturated heterocycles. The van der Waals surface area contributed by atoms with E-state index in [1.165, 1.54) is 17.2 Å². The predicted octanol–water partition coefficient (Wildman–Crippen LogP) is 3.01. The van der Waals surface area contributed by atoms with E-state index in [1.807, 2.05) is 6.92 Å². The molecule has 3 aromatic rings. The number of carbonyl (C=O) groups excluding carboxylic acids is 1. The first kappa shape index (κ1) is 21.5. The van der Waals surface area contributed by atoms with Crippen LogP contribution in [0.15, 0.2) is 53.7 Å². The molecule has 0 spiro atoms. The lowest BCUT2D eigenvalue weighted by Crippen LogP contribution is -2.45. The topological polar surface area (TPSA) is 98.3 Å². The number of carbonyl (C=O) groups is 1. The van der Waals surface area contributed by atoms with Gasteiger partial charge in [-0.2, -0.15) is 5.10 Å². The van der Waals surface area contributed by atoms with Crippen molar-refractivity contribution in [2.75, 3.05) is 10.7 Å². The number of benzene rings is 2. The fourth-order valence-corrected chi connectivity index (χ4v) is 5.24. The summed E-state index contributed by atoms with van der Waals surface area (Å²) in [5.41, 5.74) is 7.35. The van der Waals surface area contributed by atoms with Crippen LogP contribution in [0.25, 0.3) is 11.1 Å². The number of fused-ring (bicyclic) bond motifs is 1. The highest BCUT2D eigenvalue weighted by molar-refractivity contribution is 7.91. The summed E-state index contributed by atoms with van der Waals surface area (Å²) in [6.07, 6.45) is 3.16. The maximum atomic E-state index is 15.0. The van der Waals surface area contributed by atoms with Gasteiger partial charge >= 0.3 is 0 Å². The van der Waals surface area contributed by atoms with Gasteiger partial charge in [0.25, 0.3) is 0 Å². The van der Waals surface area contributed by atoms with E-state index in [0.717, 1.165) is 11.6 Å². The molecule has 1 aliphatic heterocycles. The zero-order chi connectivity index (χ0) is 22.3. The molecule has 1 aliphatic rings. The van der Waals surface area contributed by atoms with Crippen molar-refractivity contribution in [2.45, 2.75) is 31.0 Å². The number of aryl methyl sites for hydroxylation is 1. The van der Waals surface area contributed by atoms with E-state index in [1.54, 1.807) is 35.1 Å². The molecular weight excluding hydrogens is 443 g/mol. The smallest absolute Gasteiger partial charge is 0.245 e. The molecule has 1 aromatic heterocycles. The number of hydrogen-bond acceptors (Lipinski definition) is 5. The van der Waals surface area contributed by atoms with Crippen molar-refractivity contribution in [1.29, 1.82) is 0 Å². The normalized spacial score (nSPS) is 18.0. The van der Waals surface area contributed by atoms with Crippen LogP contribution in [-0.2, 0) is 27.7 Å². The molecule has 31 heavy (non-hydrogen) atoms. The molecule has 0 unspecified atom stereocenters. The predicted molar refractivity (Wildman–Crippen MR) is 116 cm³/mol. The molecule has 10 heteroatoms. The molecule has 2 heterocycles. The molecule has 2 N–H and O–H groups in total. The highest BCUT2D eigenvalue weighted by Crippen LogP contribution is 2.37.